The lowest BCUT2D eigenvalue weighted by Gasteiger charge is -2.25. The third kappa shape index (κ3) is 3.90. The molecule has 0 bridgehead atoms. The molecule has 0 radical (unpaired) electrons. The molecule has 1 aromatic rings. The van der Waals surface area contributed by atoms with E-state index in [1.165, 1.54) is 0 Å². The SMILES string of the molecule is CC(C)C(CNC(=O)c1cc(Cl)c(Cl)n1C)C(C)C. The topological polar surface area (TPSA) is 34.0 Å². The number of aromatic nitrogens is 1. The summed E-state index contributed by atoms with van der Waals surface area (Å²) < 4.78 is 1.60. The van der Waals surface area contributed by atoms with Crippen molar-refractivity contribution in [3.63, 3.8) is 0 Å². The highest BCUT2D eigenvalue weighted by atomic mass is 35.5. The van der Waals surface area contributed by atoms with Crippen LogP contribution in [0.5, 0.6) is 0 Å². The largest absolute Gasteiger partial charge is 0.350 e. The molecule has 0 spiro atoms. The fourth-order valence-corrected chi connectivity index (χ4v) is 2.68. The number of carbonyl (C=O) groups excluding carboxylic acids is 1. The summed E-state index contributed by atoms with van der Waals surface area (Å²) in [6.45, 7) is 9.36. The molecule has 1 N–H and O–H groups in total. The molecule has 0 saturated carbocycles. The van der Waals surface area contributed by atoms with E-state index >= 15 is 0 Å². The second-order valence-corrected chi connectivity index (χ2v) is 6.35. The fraction of sp³-hybridized carbons (Fsp3) is 0.643. The van der Waals surface area contributed by atoms with Crippen LogP contribution < -0.4 is 5.32 Å². The van der Waals surface area contributed by atoms with Gasteiger partial charge < -0.3 is 9.88 Å². The molecule has 108 valence electrons. The molecule has 1 heterocycles. The van der Waals surface area contributed by atoms with Crippen molar-refractivity contribution in [2.75, 3.05) is 6.54 Å². The van der Waals surface area contributed by atoms with Gasteiger partial charge >= 0.3 is 0 Å². The van der Waals surface area contributed by atoms with Crippen molar-refractivity contribution in [1.29, 1.82) is 0 Å². The second kappa shape index (κ2) is 6.67. The number of nitrogens with one attached hydrogen (secondary N) is 1. The van der Waals surface area contributed by atoms with Gasteiger partial charge in [0.2, 0.25) is 0 Å². The number of halogens is 2. The maximum Gasteiger partial charge on any atom is 0.268 e. The first kappa shape index (κ1) is 16.4. The van der Waals surface area contributed by atoms with E-state index in [-0.39, 0.29) is 5.91 Å². The van der Waals surface area contributed by atoms with Crippen LogP contribution in [0.25, 0.3) is 0 Å². The van der Waals surface area contributed by atoms with Crippen LogP contribution in [-0.2, 0) is 7.05 Å². The Hall–Kier alpha value is -0.670. The molecule has 0 aliphatic heterocycles. The van der Waals surface area contributed by atoms with Crippen molar-refractivity contribution < 1.29 is 4.79 Å². The average molecular weight is 305 g/mol. The minimum absolute atomic E-state index is 0.136. The Labute approximate surface area is 125 Å². The van der Waals surface area contributed by atoms with Gasteiger partial charge in [0.15, 0.2) is 0 Å². The van der Waals surface area contributed by atoms with Crippen LogP contribution in [0.1, 0.15) is 38.2 Å². The lowest BCUT2D eigenvalue weighted by Crippen LogP contribution is -2.34. The zero-order valence-electron chi connectivity index (χ0n) is 12.1. The van der Waals surface area contributed by atoms with Crippen molar-refractivity contribution in [2.45, 2.75) is 27.7 Å². The molecule has 0 saturated heterocycles. The summed E-state index contributed by atoms with van der Waals surface area (Å²) >= 11 is 11.9. The molecule has 0 aromatic carbocycles. The van der Waals surface area contributed by atoms with Gasteiger partial charge in [0.1, 0.15) is 10.8 Å². The van der Waals surface area contributed by atoms with Gasteiger partial charge in [-0.25, -0.2) is 0 Å². The summed E-state index contributed by atoms with van der Waals surface area (Å²) in [6, 6.07) is 1.60. The van der Waals surface area contributed by atoms with Crippen LogP contribution in [0.4, 0.5) is 0 Å². The van der Waals surface area contributed by atoms with Gasteiger partial charge in [-0.2, -0.15) is 0 Å². The van der Waals surface area contributed by atoms with E-state index in [0.717, 1.165) is 0 Å². The normalized spacial score (nSPS) is 11.7. The number of rotatable bonds is 5. The number of nitrogens with zero attached hydrogens (tertiary/aromatic N) is 1. The standard InChI is InChI=1S/C14H22Cl2N2O/c1-8(2)10(9(3)4)7-17-14(19)12-6-11(15)13(16)18(12)5/h6,8-10H,7H2,1-5H3,(H,17,19). The van der Waals surface area contributed by atoms with Gasteiger partial charge in [-0.1, -0.05) is 50.9 Å². The Morgan fingerprint density at radius 2 is 1.79 bits per heavy atom. The molecule has 0 unspecified atom stereocenters. The Morgan fingerprint density at radius 3 is 2.16 bits per heavy atom. The Bertz CT molecular complexity index is 445. The van der Waals surface area contributed by atoms with E-state index in [2.05, 4.69) is 33.0 Å². The van der Waals surface area contributed by atoms with Gasteiger partial charge in [0.05, 0.1) is 5.02 Å². The first-order chi connectivity index (χ1) is 8.75. The summed E-state index contributed by atoms with van der Waals surface area (Å²) in [5.74, 6) is 1.37. The highest BCUT2D eigenvalue weighted by Gasteiger charge is 2.20. The summed E-state index contributed by atoms with van der Waals surface area (Å²) in [5, 5.41) is 3.75. The van der Waals surface area contributed by atoms with Crippen molar-refractivity contribution >= 4 is 29.1 Å². The number of amides is 1. The third-order valence-electron chi connectivity index (χ3n) is 3.56. The predicted molar refractivity (Wildman–Crippen MR) is 80.9 cm³/mol. The fourth-order valence-electron chi connectivity index (χ4n) is 2.30. The van der Waals surface area contributed by atoms with Crippen molar-refractivity contribution in [3.05, 3.63) is 21.9 Å². The monoisotopic (exact) mass is 304 g/mol. The van der Waals surface area contributed by atoms with Crippen LogP contribution in [0.3, 0.4) is 0 Å². The van der Waals surface area contributed by atoms with Crippen molar-refractivity contribution in [3.8, 4) is 0 Å². The summed E-state index contributed by atoms with van der Waals surface area (Å²) in [7, 11) is 1.73. The highest BCUT2D eigenvalue weighted by molar-refractivity contribution is 6.41. The summed E-state index contributed by atoms with van der Waals surface area (Å²) in [4.78, 5) is 12.1. The zero-order chi connectivity index (χ0) is 14.7. The van der Waals surface area contributed by atoms with E-state index < -0.39 is 0 Å². The van der Waals surface area contributed by atoms with Crippen LogP contribution in [0, 0.1) is 17.8 Å². The molecule has 0 aliphatic rings. The molecule has 1 amide bonds. The quantitative estimate of drug-likeness (QED) is 0.877. The second-order valence-electron chi connectivity index (χ2n) is 5.59. The number of hydrogen-bond acceptors (Lipinski definition) is 1. The highest BCUT2D eigenvalue weighted by Crippen LogP contribution is 2.25. The molecule has 19 heavy (non-hydrogen) atoms. The van der Waals surface area contributed by atoms with Crippen LogP contribution in [0.15, 0.2) is 6.07 Å². The van der Waals surface area contributed by atoms with E-state index in [1.807, 2.05) is 0 Å². The number of hydrogen-bond donors (Lipinski definition) is 1. The molecule has 5 heteroatoms. The summed E-state index contributed by atoms with van der Waals surface area (Å²) in [6.07, 6.45) is 0. The maximum absolute atomic E-state index is 12.1. The molecule has 3 nitrogen and oxygen atoms in total. The van der Waals surface area contributed by atoms with E-state index in [1.54, 1.807) is 17.7 Å². The molecule has 1 rings (SSSR count). The Kier molecular flexibility index (Phi) is 5.75. The zero-order valence-corrected chi connectivity index (χ0v) is 13.6. The van der Waals surface area contributed by atoms with E-state index in [4.69, 9.17) is 23.2 Å². The van der Waals surface area contributed by atoms with E-state index in [9.17, 15) is 4.79 Å². The summed E-state index contributed by atoms with van der Waals surface area (Å²) in [5.41, 5.74) is 0.487. The van der Waals surface area contributed by atoms with Crippen molar-refractivity contribution in [1.82, 2.24) is 9.88 Å². The average Bonchev–Trinajstić information content (AvgIpc) is 2.56. The molecule has 0 fully saturated rings. The minimum Gasteiger partial charge on any atom is -0.350 e. The van der Waals surface area contributed by atoms with Crippen LogP contribution in [-0.4, -0.2) is 17.0 Å². The van der Waals surface area contributed by atoms with E-state index in [0.29, 0.717) is 40.2 Å². The molecule has 0 atom stereocenters. The Balaban J connectivity index is 2.72. The lowest BCUT2D eigenvalue weighted by atomic mass is 9.85. The van der Waals surface area contributed by atoms with Gasteiger partial charge in [0.25, 0.3) is 5.91 Å². The molecular formula is C14H22Cl2N2O. The van der Waals surface area contributed by atoms with Gasteiger partial charge in [-0.15, -0.1) is 0 Å². The van der Waals surface area contributed by atoms with Gasteiger partial charge in [0, 0.05) is 13.6 Å². The first-order valence-electron chi connectivity index (χ1n) is 6.54. The lowest BCUT2D eigenvalue weighted by molar-refractivity contribution is 0.0929. The maximum atomic E-state index is 12.1. The number of carbonyl (C=O) groups is 1. The van der Waals surface area contributed by atoms with Gasteiger partial charge in [-0.3, -0.25) is 4.79 Å². The molecular weight excluding hydrogens is 283 g/mol. The molecule has 0 aliphatic carbocycles. The van der Waals surface area contributed by atoms with Crippen molar-refractivity contribution in [2.24, 2.45) is 24.8 Å². The smallest absolute Gasteiger partial charge is 0.268 e. The molecule has 1 aromatic heterocycles. The van der Waals surface area contributed by atoms with Crippen LogP contribution in [0.2, 0.25) is 10.2 Å². The van der Waals surface area contributed by atoms with Gasteiger partial charge in [-0.05, 0) is 23.8 Å². The Morgan fingerprint density at radius 1 is 1.26 bits per heavy atom. The van der Waals surface area contributed by atoms with Crippen LogP contribution >= 0.6 is 23.2 Å². The first-order valence-corrected chi connectivity index (χ1v) is 7.30. The third-order valence-corrected chi connectivity index (χ3v) is 4.40. The predicted octanol–water partition coefficient (Wildman–Crippen LogP) is 3.99. The minimum atomic E-state index is -0.136.